The Kier molecular flexibility index (Phi) is 7.17. The minimum Gasteiger partial charge on any atom is -0.480 e. The number of benzene rings is 2. The molecule has 1 aliphatic carbocycles. The number of thioether (sulfide) groups is 1. The summed E-state index contributed by atoms with van der Waals surface area (Å²) in [5.74, 6) is -0.982. The number of ether oxygens (including phenoxy) is 1. The highest BCUT2D eigenvalue weighted by Gasteiger charge is 2.29. The Labute approximate surface area is 200 Å². The van der Waals surface area contributed by atoms with E-state index in [0.29, 0.717) is 5.75 Å². The average Bonchev–Trinajstić information content (AvgIpc) is 3.42. The maximum atomic E-state index is 12.7. The van der Waals surface area contributed by atoms with Crippen molar-refractivity contribution in [1.29, 1.82) is 0 Å². The molecule has 1 heterocycles. The molecule has 0 spiro atoms. The smallest absolute Gasteiger partial charge is 0.412 e. The number of carboxylic acid groups (broad SMARTS) is 1. The first-order chi connectivity index (χ1) is 16.5. The van der Waals surface area contributed by atoms with Crippen LogP contribution in [0.1, 0.15) is 27.5 Å². The van der Waals surface area contributed by atoms with E-state index < -0.39 is 24.5 Å². The number of nitrogens with one attached hydrogen (secondary N) is 2. The lowest BCUT2D eigenvalue weighted by atomic mass is 9.98. The van der Waals surface area contributed by atoms with Crippen LogP contribution in [0.25, 0.3) is 11.1 Å². The number of nitrogens with zero attached hydrogens (tertiary/aromatic N) is 2. The highest BCUT2D eigenvalue weighted by atomic mass is 32.2. The molecule has 176 valence electrons. The first kappa shape index (κ1) is 23.4. The molecule has 2 aromatic carbocycles. The molecule has 0 aliphatic heterocycles. The Morgan fingerprint density at radius 2 is 1.76 bits per heavy atom. The summed E-state index contributed by atoms with van der Waals surface area (Å²) in [4.78, 5) is 37.4. The van der Waals surface area contributed by atoms with Crippen LogP contribution in [0.5, 0.6) is 0 Å². The highest BCUT2D eigenvalue weighted by molar-refractivity contribution is 7.98. The molecule has 10 heteroatoms. The number of aromatic amines is 1. The van der Waals surface area contributed by atoms with Crippen molar-refractivity contribution in [3.05, 3.63) is 71.4 Å². The topological polar surface area (TPSA) is 125 Å². The monoisotopic (exact) mass is 480 g/mol. The summed E-state index contributed by atoms with van der Waals surface area (Å²) in [6.45, 7) is 0.00512. The van der Waals surface area contributed by atoms with Crippen LogP contribution in [0.4, 0.5) is 10.6 Å². The van der Waals surface area contributed by atoms with Crippen molar-refractivity contribution in [3.63, 3.8) is 0 Å². The summed E-state index contributed by atoms with van der Waals surface area (Å²) in [7, 11) is 0. The fourth-order valence-corrected chi connectivity index (χ4v) is 4.42. The molecule has 9 nitrogen and oxygen atoms in total. The van der Waals surface area contributed by atoms with Crippen LogP contribution in [0.2, 0.25) is 0 Å². The number of hydrogen-bond acceptors (Lipinski definition) is 6. The number of H-pyrrole nitrogens is 1. The second kappa shape index (κ2) is 10.4. The van der Waals surface area contributed by atoms with Crippen LogP contribution in [0.15, 0.2) is 54.6 Å². The van der Waals surface area contributed by atoms with Gasteiger partial charge in [0.25, 0.3) is 5.91 Å². The van der Waals surface area contributed by atoms with Crippen LogP contribution in [0, 0.1) is 0 Å². The van der Waals surface area contributed by atoms with Gasteiger partial charge in [-0.1, -0.05) is 48.5 Å². The van der Waals surface area contributed by atoms with E-state index in [4.69, 9.17) is 9.84 Å². The molecule has 0 bridgehead atoms. The third kappa shape index (κ3) is 5.07. The summed E-state index contributed by atoms with van der Waals surface area (Å²) in [5.41, 5.74) is 4.56. The average molecular weight is 481 g/mol. The van der Waals surface area contributed by atoms with Gasteiger partial charge in [-0.3, -0.25) is 20.0 Å². The molecule has 0 saturated carbocycles. The Morgan fingerprint density at radius 1 is 1.12 bits per heavy atom. The number of hydrogen-bond donors (Lipinski definition) is 3. The second-order valence-electron chi connectivity index (χ2n) is 7.73. The largest absolute Gasteiger partial charge is 0.480 e. The molecule has 0 atom stereocenters. The summed E-state index contributed by atoms with van der Waals surface area (Å²) >= 11 is 1.50. The van der Waals surface area contributed by atoms with Crippen molar-refractivity contribution in [2.75, 3.05) is 37.0 Å². The Balaban J connectivity index is 1.38. The lowest BCUT2D eigenvalue weighted by molar-refractivity contribution is -0.137. The van der Waals surface area contributed by atoms with E-state index in [9.17, 15) is 14.4 Å². The first-order valence-corrected chi connectivity index (χ1v) is 12.0. The van der Waals surface area contributed by atoms with Crippen molar-refractivity contribution in [2.45, 2.75) is 5.92 Å². The van der Waals surface area contributed by atoms with Gasteiger partial charge in [0.1, 0.15) is 18.8 Å². The fourth-order valence-electron chi connectivity index (χ4n) is 4.02. The number of carbonyl (C=O) groups is 3. The molecule has 3 aromatic rings. The van der Waals surface area contributed by atoms with E-state index in [-0.39, 0.29) is 30.6 Å². The summed E-state index contributed by atoms with van der Waals surface area (Å²) in [6.07, 6.45) is 1.17. The lowest BCUT2D eigenvalue weighted by Gasteiger charge is -2.19. The van der Waals surface area contributed by atoms with Crippen LogP contribution >= 0.6 is 11.8 Å². The van der Waals surface area contributed by atoms with E-state index in [2.05, 4.69) is 27.6 Å². The van der Waals surface area contributed by atoms with Crippen molar-refractivity contribution >= 4 is 35.5 Å². The maximum absolute atomic E-state index is 12.7. The first-order valence-electron chi connectivity index (χ1n) is 10.7. The minimum atomic E-state index is -1.11. The summed E-state index contributed by atoms with van der Waals surface area (Å²) < 4.78 is 5.49. The van der Waals surface area contributed by atoms with Crippen LogP contribution in [-0.4, -0.2) is 69.9 Å². The number of rotatable bonds is 9. The van der Waals surface area contributed by atoms with Crippen LogP contribution in [0.3, 0.4) is 0 Å². The molecule has 34 heavy (non-hydrogen) atoms. The van der Waals surface area contributed by atoms with Gasteiger partial charge in [-0.15, -0.1) is 0 Å². The summed E-state index contributed by atoms with van der Waals surface area (Å²) in [6, 6.07) is 17.4. The van der Waals surface area contributed by atoms with Gasteiger partial charge in [-0.25, -0.2) is 4.79 Å². The number of fused-ring (bicyclic) bond motifs is 3. The van der Waals surface area contributed by atoms with Gasteiger partial charge in [-0.05, 0) is 28.5 Å². The molecule has 0 fully saturated rings. The second-order valence-corrected chi connectivity index (χ2v) is 8.72. The van der Waals surface area contributed by atoms with E-state index >= 15 is 0 Å². The highest BCUT2D eigenvalue weighted by Crippen LogP contribution is 2.44. The molecule has 0 radical (unpaired) electrons. The predicted molar refractivity (Wildman–Crippen MR) is 129 cm³/mol. The zero-order valence-electron chi connectivity index (χ0n) is 18.5. The van der Waals surface area contributed by atoms with Gasteiger partial charge >= 0.3 is 12.1 Å². The fraction of sp³-hybridized carbons (Fsp3) is 0.250. The zero-order chi connectivity index (χ0) is 24.1. The molecule has 4 rings (SSSR count). The molecule has 1 aromatic heterocycles. The minimum absolute atomic E-state index is 0.0736. The quantitative estimate of drug-likeness (QED) is 0.427. The molecular weight excluding hydrogens is 456 g/mol. The number of aromatic nitrogens is 2. The van der Waals surface area contributed by atoms with Gasteiger partial charge in [0.05, 0.1) is 0 Å². The standard InChI is InChI=1S/C24H24N4O5S/c1-34-11-10-28(13-22(29)30)23(31)20-12-21(27-26-20)25-24(32)33-14-19-17-8-4-2-6-15(17)16-7-3-5-9-18(16)19/h2-9,12,19H,10-11,13-14H2,1H3,(H,29,30)(H2,25,26,27,32). The number of anilines is 1. The number of amides is 2. The van der Waals surface area contributed by atoms with Gasteiger partial charge < -0.3 is 14.7 Å². The van der Waals surface area contributed by atoms with Gasteiger partial charge in [-0.2, -0.15) is 16.9 Å². The maximum Gasteiger partial charge on any atom is 0.412 e. The van der Waals surface area contributed by atoms with Gasteiger partial charge in [0, 0.05) is 24.3 Å². The van der Waals surface area contributed by atoms with E-state index in [1.165, 1.54) is 22.7 Å². The molecule has 0 saturated heterocycles. The SMILES string of the molecule is CSCCN(CC(=O)O)C(=O)c1cc(NC(=O)OCC2c3ccccc3-c3ccccc32)n[nH]1. The third-order valence-corrected chi connectivity index (χ3v) is 6.15. The third-order valence-electron chi connectivity index (χ3n) is 5.56. The van der Waals surface area contributed by atoms with Gasteiger partial charge in [0.15, 0.2) is 5.82 Å². The van der Waals surface area contributed by atoms with E-state index in [1.54, 1.807) is 0 Å². The van der Waals surface area contributed by atoms with Crippen LogP contribution < -0.4 is 5.32 Å². The van der Waals surface area contributed by atoms with Crippen LogP contribution in [-0.2, 0) is 9.53 Å². The predicted octanol–water partition coefficient (Wildman–Crippen LogP) is 3.66. The molecular formula is C24H24N4O5S. The molecule has 1 aliphatic rings. The zero-order valence-corrected chi connectivity index (χ0v) is 19.3. The Morgan fingerprint density at radius 3 is 2.38 bits per heavy atom. The van der Waals surface area contributed by atoms with E-state index in [0.717, 1.165) is 22.3 Å². The number of carbonyl (C=O) groups excluding carboxylic acids is 2. The molecule has 0 unspecified atom stereocenters. The van der Waals surface area contributed by atoms with Gasteiger partial charge in [0.2, 0.25) is 0 Å². The molecule has 2 amide bonds. The van der Waals surface area contributed by atoms with E-state index in [1.807, 2.05) is 42.7 Å². The van der Waals surface area contributed by atoms with Crippen molar-refractivity contribution in [2.24, 2.45) is 0 Å². The number of carboxylic acids is 1. The van der Waals surface area contributed by atoms with Crippen molar-refractivity contribution < 1.29 is 24.2 Å². The summed E-state index contributed by atoms with van der Waals surface area (Å²) in [5, 5.41) is 18.1. The van der Waals surface area contributed by atoms with Crippen molar-refractivity contribution in [3.8, 4) is 11.1 Å². The Hall–Kier alpha value is -3.79. The number of aliphatic carboxylic acids is 1. The lowest BCUT2D eigenvalue weighted by Crippen LogP contribution is -2.37. The Bertz CT molecular complexity index is 1170. The normalized spacial score (nSPS) is 12.0. The van der Waals surface area contributed by atoms with Crippen molar-refractivity contribution in [1.82, 2.24) is 15.1 Å². The molecule has 3 N–H and O–H groups in total.